The highest BCUT2D eigenvalue weighted by Gasteiger charge is 2.40. The summed E-state index contributed by atoms with van der Waals surface area (Å²) in [6.45, 7) is 0. The molecule has 5 nitrogen and oxygen atoms in total. The molecule has 0 aliphatic rings. The van der Waals surface area contributed by atoms with Gasteiger partial charge in [-0.3, -0.25) is 0 Å². The number of alkyl halides is 9. The number of nitrogens with one attached hydrogen (secondary N) is 1. The Kier molecular flexibility index (Phi) is 9.02. The Bertz CT molecular complexity index is 1530. The van der Waals surface area contributed by atoms with Crippen molar-refractivity contribution in [2.24, 2.45) is 0 Å². The van der Waals surface area contributed by atoms with Gasteiger partial charge in [-0.15, -0.1) is 26.3 Å². The molecule has 4 rings (SSSR count). The number of hydrogen-bond acceptors (Lipinski definition) is 4. The van der Waals surface area contributed by atoms with Crippen molar-refractivity contribution in [3.05, 3.63) is 125 Å². The molecule has 14 heteroatoms. The van der Waals surface area contributed by atoms with Crippen LogP contribution in [-0.4, -0.2) is 18.8 Å². The van der Waals surface area contributed by atoms with Crippen LogP contribution in [0.1, 0.15) is 22.3 Å². The Balaban J connectivity index is 1.88. The number of ether oxygens (including phenoxy) is 3. The zero-order chi connectivity index (χ0) is 32.2. The maximum absolute atomic E-state index is 13.3. The number of hydrogen-bond donors (Lipinski definition) is 1. The highest BCUT2D eigenvalue weighted by atomic mass is 19.4. The molecular weight excluding hydrogens is 609 g/mol. The molecule has 4 aromatic rings. The molecule has 44 heavy (non-hydrogen) atoms. The van der Waals surface area contributed by atoms with Crippen LogP contribution in [0.4, 0.5) is 44.3 Å². The highest BCUT2D eigenvalue weighted by molar-refractivity contribution is 5.73. The Morgan fingerprint density at radius 2 is 1.02 bits per heavy atom. The summed E-state index contributed by atoms with van der Waals surface area (Å²) < 4.78 is 132. The van der Waals surface area contributed by atoms with Crippen molar-refractivity contribution in [1.29, 1.82) is 0 Å². The second-order valence-corrected chi connectivity index (χ2v) is 9.26. The molecular formula is C30H20F9NO4. The standard InChI is InChI=1S/C30H20F9NO4/c31-28(32,33)22-11-6-12-23(17-22)42-26(41)40-27(18-19-7-2-1-3-8-19,20-9-4-13-24(15-20)43-29(34,35)36)21-10-5-14-25(16-21)44-30(37,38)39/h1-17H,18H2,(H,40,41). The molecule has 0 unspecified atom stereocenters. The third-order valence-corrected chi connectivity index (χ3v) is 6.12. The first-order chi connectivity index (χ1) is 20.5. The topological polar surface area (TPSA) is 56.8 Å². The fourth-order valence-electron chi connectivity index (χ4n) is 4.42. The molecule has 0 aliphatic carbocycles. The summed E-state index contributed by atoms with van der Waals surface area (Å²) in [6, 6.07) is 20.0. The van der Waals surface area contributed by atoms with E-state index in [1.807, 2.05) is 0 Å². The molecule has 0 spiro atoms. The smallest absolute Gasteiger partial charge is 0.410 e. The van der Waals surface area contributed by atoms with Gasteiger partial charge < -0.3 is 19.5 Å². The predicted octanol–water partition coefficient (Wildman–Crippen LogP) is 8.78. The number of benzene rings is 4. The summed E-state index contributed by atoms with van der Waals surface area (Å²) in [5.41, 5.74) is -2.87. The van der Waals surface area contributed by atoms with Crippen LogP contribution in [0, 0.1) is 0 Å². The van der Waals surface area contributed by atoms with Gasteiger partial charge in [-0.2, -0.15) is 13.2 Å². The molecule has 0 atom stereocenters. The van der Waals surface area contributed by atoms with Gasteiger partial charge in [0.15, 0.2) is 0 Å². The number of carbonyl (C=O) groups is 1. The third-order valence-electron chi connectivity index (χ3n) is 6.12. The summed E-state index contributed by atoms with van der Waals surface area (Å²) in [5.74, 6) is -1.97. The summed E-state index contributed by atoms with van der Waals surface area (Å²) in [7, 11) is 0. The molecule has 0 saturated heterocycles. The molecule has 0 saturated carbocycles. The number of halogens is 9. The van der Waals surface area contributed by atoms with Gasteiger partial charge in [0.2, 0.25) is 0 Å². The van der Waals surface area contributed by atoms with Crippen molar-refractivity contribution in [3.8, 4) is 17.2 Å². The van der Waals surface area contributed by atoms with E-state index < -0.39 is 53.3 Å². The Labute approximate surface area is 243 Å². The Morgan fingerprint density at radius 1 is 0.568 bits per heavy atom. The monoisotopic (exact) mass is 629 g/mol. The van der Waals surface area contributed by atoms with E-state index in [9.17, 15) is 44.3 Å². The van der Waals surface area contributed by atoms with Gasteiger partial charge in [-0.25, -0.2) is 4.79 Å². The lowest BCUT2D eigenvalue weighted by Gasteiger charge is -2.36. The van der Waals surface area contributed by atoms with Crippen LogP contribution in [0.2, 0.25) is 0 Å². The molecule has 1 N–H and O–H groups in total. The van der Waals surface area contributed by atoms with Crippen LogP contribution in [0.5, 0.6) is 17.2 Å². The van der Waals surface area contributed by atoms with Gasteiger partial charge in [0, 0.05) is 6.42 Å². The van der Waals surface area contributed by atoms with Crippen molar-refractivity contribution in [1.82, 2.24) is 5.32 Å². The molecule has 0 aromatic heterocycles. The maximum atomic E-state index is 13.3. The molecule has 4 aromatic carbocycles. The Hall–Kier alpha value is -4.88. The van der Waals surface area contributed by atoms with Gasteiger partial charge in [-0.05, 0) is 59.2 Å². The molecule has 0 bridgehead atoms. The van der Waals surface area contributed by atoms with Gasteiger partial charge in [0.1, 0.15) is 17.2 Å². The van der Waals surface area contributed by atoms with E-state index in [-0.39, 0.29) is 17.5 Å². The van der Waals surface area contributed by atoms with Crippen molar-refractivity contribution in [3.63, 3.8) is 0 Å². The van der Waals surface area contributed by atoms with Gasteiger partial charge >= 0.3 is 25.0 Å². The van der Waals surface area contributed by atoms with Crippen molar-refractivity contribution in [2.45, 2.75) is 30.9 Å². The van der Waals surface area contributed by atoms with E-state index in [1.165, 1.54) is 12.1 Å². The van der Waals surface area contributed by atoms with Crippen LogP contribution in [0.15, 0.2) is 103 Å². The van der Waals surface area contributed by atoms with Gasteiger partial charge in [-0.1, -0.05) is 60.7 Å². The van der Waals surface area contributed by atoms with Crippen LogP contribution >= 0.6 is 0 Å². The van der Waals surface area contributed by atoms with E-state index in [2.05, 4.69) is 14.8 Å². The minimum absolute atomic E-state index is 0.103. The van der Waals surface area contributed by atoms with Crippen LogP contribution in [-0.2, 0) is 18.1 Å². The first-order valence-electron chi connectivity index (χ1n) is 12.5. The third kappa shape index (κ3) is 8.58. The minimum Gasteiger partial charge on any atom is -0.410 e. The summed E-state index contributed by atoms with van der Waals surface area (Å²) in [6.07, 6.45) is -16.7. The summed E-state index contributed by atoms with van der Waals surface area (Å²) in [4.78, 5) is 13.3. The molecule has 1 amide bonds. The maximum Gasteiger partial charge on any atom is 0.573 e. The number of rotatable bonds is 8. The number of amides is 1. The van der Waals surface area contributed by atoms with Gasteiger partial charge in [0.05, 0.1) is 11.1 Å². The van der Waals surface area contributed by atoms with Crippen molar-refractivity contribution in [2.75, 3.05) is 0 Å². The fourth-order valence-corrected chi connectivity index (χ4v) is 4.42. The van der Waals surface area contributed by atoms with E-state index in [4.69, 9.17) is 4.74 Å². The first kappa shape index (κ1) is 32.0. The van der Waals surface area contributed by atoms with Crippen LogP contribution in [0.25, 0.3) is 0 Å². The zero-order valence-corrected chi connectivity index (χ0v) is 22.1. The van der Waals surface area contributed by atoms with Crippen LogP contribution in [0.3, 0.4) is 0 Å². The second-order valence-electron chi connectivity index (χ2n) is 9.26. The summed E-state index contributed by atoms with van der Waals surface area (Å²) in [5, 5.41) is 2.48. The fraction of sp³-hybridized carbons (Fsp3) is 0.167. The van der Waals surface area contributed by atoms with Crippen LogP contribution < -0.4 is 19.5 Å². The van der Waals surface area contributed by atoms with Crippen molar-refractivity contribution < 1.29 is 58.5 Å². The number of carbonyl (C=O) groups excluding carboxylic acids is 1. The predicted molar refractivity (Wildman–Crippen MR) is 138 cm³/mol. The van der Waals surface area contributed by atoms with E-state index in [0.29, 0.717) is 11.6 Å². The molecule has 232 valence electrons. The molecule has 0 heterocycles. The normalized spacial score (nSPS) is 12.4. The zero-order valence-electron chi connectivity index (χ0n) is 22.1. The lowest BCUT2D eigenvalue weighted by atomic mass is 9.78. The Morgan fingerprint density at radius 3 is 1.50 bits per heavy atom. The van der Waals surface area contributed by atoms with E-state index >= 15 is 0 Å². The highest BCUT2D eigenvalue weighted by Crippen LogP contribution is 2.39. The lowest BCUT2D eigenvalue weighted by molar-refractivity contribution is -0.275. The first-order valence-corrected chi connectivity index (χ1v) is 12.5. The minimum atomic E-state index is -5.11. The molecule has 0 radical (unpaired) electrons. The second kappa shape index (κ2) is 12.4. The van der Waals surface area contributed by atoms with Gasteiger partial charge in [0.25, 0.3) is 0 Å². The van der Waals surface area contributed by atoms with E-state index in [0.717, 1.165) is 54.6 Å². The van der Waals surface area contributed by atoms with Crippen molar-refractivity contribution >= 4 is 6.09 Å². The van der Waals surface area contributed by atoms with E-state index in [1.54, 1.807) is 30.3 Å². The largest absolute Gasteiger partial charge is 0.573 e. The quantitative estimate of drug-likeness (QED) is 0.198. The summed E-state index contributed by atoms with van der Waals surface area (Å²) >= 11 is 0. The molecule has 0 aliphatic heterocycles. The average molecular weight is 629 g/mol. The lowest BCUT2D eigenvalue weighted by Crippen LogP contribution is -2.49. The SMILES string of the molecule is O=C(NC(Cc1ccccc1)(c1cccc(OC(F)(F)F)c1)c1cccc(OC(F)(F)F)c1)Oc1cccc(C(F)(F)F)c1. The molecule has 0 fully saturated rings. The average Bonchev–Trinajstić information content (AvgIpc) is 2.91.